The Labute approximate surface area is 133 Å². The number of nitrogens with zero attached hydrogens (tertiary/aromatic N) is 1. The number of amides is 1. The van der Waals surface area contributed by atoms with E-state index in [0.29, 0.717) is 13.1 Å². The van der Waals surface area contributed by atoms with Gasteiger partial charge in [-0.25, -0.2) is 0 Å². The molecule has 1 heterocycles. The van der Waals surface area contributed by atoms with Gasteiger partial charge in [-0.1, -0.05) is 13.0 Å². The predicted molar refractivity (Wildman–Crippen MR) is 90.0 cm³/mol. The smallest absolute Gasteiger partial charge is 0.238 e. The van der Waals surface area contributed by atoms with E-state index >= 15 is 0 Å². The molecule has 0 spiro atoms. The van der Waals surface area contributed by atoms with Crippen LogP contribution in [0.1, 0.15) is 24.5 Å². The lowest BCUT2D eigenvalue weighted by Gasteiger charge is -2.22. The molecule has 1 aliphatic rings. The highest BCUT2D eigenvalue weighted by molar-refractivity contribution is 5.92. The Balaban J connectivity index is 0.00000220. The molecule has 0 saturated carbocycles. The standard InChI is InChI=1S/C16H25N3O.ClH/c1-12-4-5-14(8-13(12)2)18-15(20)9-19-7-6-16(3,10-17)11-19;/h4-5,8H,6-7,9-11,17H2,1-3H3,(H,18,20);1H. The van der Waals surface area contributed by atoms with Crippen molar-refractivity contribution < 1.29 is 4.79 Å². The van der Waals surface area contributed by atoms with Gasteiger partial charge in [0.2, 0.25) is 5.91 Å². The number of anilines is 1. The molecule has 1 atom stereocenters. The van der Waals surface area contributed by atoms with Gasteiger partial charge in [0.1, 0.15) is 0 Å². The molecule has 1 unspecified atom stereocenters. The second kappa shape index (κ2) is 7.25. The van der Waals surface area contributed by atoms with Crippen molar-refractivity contribution in [2.75, 3.05) is 31.5 Å². The van der Waals surface area contributed by atoms with Crippen molar-refractivity contribution in [3.8, 4) is 0 Å². The monoisotopic (exact) mass is 311 g/mol. The summed E-state index contributed by atoms with van der Waals surface area (Å²) in [5.74, 6) is 0.0505. The second-order valence-corrected chi connectivity index (χ2v) is 6.32. The van der Waals surface area contributed by atoms with Gasteiger partial charge in [-0.05, 0) is 62.0 Å². The molecule has 1 aliphatic heterocycles. The molecule has 2 rings (SSSR count). The van der Waals surface area contributed by atoms with Crippen LogP contribution in [0.25, 0.3) is 0 Å². The van der Waals surface area contributed by atoms with E-state index in [1.165, 1.54) is 11.1 Å². The van der Waals surface area contributed by atoms with E-state index in [1.807, 2.05) is 18.2 Å². The minimum atomic E-state index is 0. The number of rotatable bonds is 4. The summed E-state index contributed by atoms with van der Waals surface area (Å²) in [6.07, 6.45) is 1.07. The number of hydrogen-bond donors (Lipinski definition) is 2. The minimum absolute atomic E-state index is 0. The quantitative estimate of drug-likeness (QED) is 0.897. The highest BCUT2D eigenvalue weighted by Crippen LogP contribution is 2.28. The Bertz CT molecular complexity index is 506. The van der Waals surface area contributed by atoms with Gasteiger partial charge in [-0.15, -0.1) is 12.4 Å². The van der Waals surface area contributed by atoms with Crippen molar-refractivity contribution in [1.82, 2.24) is 4.90 Å². The van der Waals surface area contributed by atoms with Crippen molar-refractivity contribution >= 4 is 24.0 Å². The molecule has 1 aromatic rings. The molecule has 1 fully saturated rings. The summed E-state index contributed by atoms with van der Waals surface area (Å²) in [6, 6.07) is 6.00. The molecular formula is C16H26ClN3O. The van der Waals surface area contributed by atoms with Crippen LogP contribution in [0.15, 0.2) is 18.2 Å². The molecule has 0 bridgehead atoms. The first-order valence-electron chi connectivity index (χ1n) is 7.21. The van der Waals surface area contributed by atoms with E-state index in [4.69, 9.17) is 5.73 Å². The average molecular weight is 312 g/mol. The number of carbonyl (C=O) groups is 1. The molecule has 5 heteroatoms. The van der Waals surface area contributed by atoms with Gasteiger partial charge < -0.3 is 11.1 Å². The summed E-state index contributed by atoms with van der Waals surface area (Å²) in [5.41, 5.74) is 9.26. The second-order valence-electron chi connectivity index (χ2n) is 6.32. The fourth-order valence-electron chi connectivity index (χ4n) is 2.65. The third-order valence-corrected chi connectivity index (χ3v) is 4.29. The van der Waals surface area contributed by atoms with Gasteiger partial charge in [0.05, 0.1) is 6.54 Å². The Hall–Kier alpha value is -1.10. The van der Waals surface area contributed by atoms with E-state index < -0.39 is 0 Å². The molecule has 1 amide bonds. The number of hydrogen-bond acceptors (Lipinski definition) is 3. The minimum Gasteiger partial charge on any atom is -0.330 e. The molecule has 4 nitrogen and oxygen atoms in total. The largest absolute Gasteiger partial charge is 0.330 e. The summed E-state index contributed by atoms with van der Waals surface area (Å²) in [6.45, 7) is 9.30. The van der Waals surface area contributed by atoms with E-state index in [1.54, 1.807) is 0 Å². The van der Waals surface area contributed by atoms with Crippen molar-refractivity contribution in [3.05, 3.63) is 29.3 Å². The number of benzene rings is 1. The van der Waals surface area contributed by atoms with Crippen LogP contribution in [-0.2, 0) is 4.79 Å². The summed E-state index contributed by atoms with van der Waals surface area (Å²) < 4.78 is 0. The SMILES string of the molecule is Cc1ccc(NC(=O)CN2CCC(C)(CN)C2)cc1C.Cl. The summed E-state index contributed by atoms with van der Waals surface area (Å²) in [5, 5.41) is 2.97. The first-order chi connectivity index (χ1) is 9.42. The Morgan fingerprint density at radius 1 is 1.38 bits per heavy atom. The van der Waals surface area contributed by atoms with Crippen molar-refractivity contribution in [3.63, 3.8) is 0 Å². The number of aryl methyl sites for hydroxylation is 2. The fraction of sp³-hybridized carbons (Fsp3) is 0.562. The molecule has 1 saturated heterocycles. The first-order valence-corrected chi connectivity index (χ1v) is 7.21. The van der Waals surface area contributed by atoms with Gasteiger partial charge in [-0.3, -0.25) is 9.69 Å². The Morgan fingerprint density at radius 2 is 2.10 bits per heavy atom. The van der Waals surface area contributed by atoms with Crippen LogP contribution in [0.3, 0.4) is 0 Å². The number of carbonyl (C=O) groups excluding carboxylic acids is 1. The van der Waals surface area contributed by atoms with Gasteiger partial charge in [-0.2, -0.15) is 0 Å². The number of likely N-dealkylation sites (tertiary alicyclic amines) is 1. The number of nitrogens with two attached hydrogens (primary N) is 1. The first kappa shape index (κ1) is 18.0. The Kier molecular flexibility index (Phi) is 6.20. The maximum atomic E-state index is 12.1. The van der Waals surface area contributed by atoms with Crippen LogP contribution in [0, 0.1) is 19.3 Å². The zero-order valence-corrected chi connectivity index (χ0v) is 13.9. The van der Waals surface area contributed by atoms with Gasteiger partial charge in [0, 0.05) is 12.2 Å². The van der Waals surface area contributed by atoms with Crippen LogP contribution in [-0.4, -0.2) is 37.0 Å². The molecule has 0 aliphatic carbocycles. The van der Waals surface area contributed by atoms with Gasteiger partial charge in [0.15, 0.2) is 0 Å². The zero-order valence-electron chi connectivity index (χ0n) is 13.1. The molecule has 0 radical (unpaired) electrons. The van der Waals surface area contributed by atoms with Crippen molar-refractivity contribution in [1.29, 1.82) is 0 Å². The van der Waals surface area contributed by atoms with Gasteiger partial charge in [0.25, 0.3) is 0 Å². The highest BCUT2D eigenvalue weighted by Gasteiger charge is 2.33. The predicted octanol–water partition coefficient (Wildman–Crippen LogP) is 2.33. The van der Waals surface area contributed by atoms with E-state index in [0.717, 1.165) is 25.2 Å². The molecular weight excluding hydrogens is 286 g/mol. The maximum absolute atomic E-state index is 12.1. The van der Waals surface area contributed by atoms with Crippen LogP contribution in [0.2, 0.25) is 0 Å². The molecule has 21 heavy (non-hydrogen) atoms. The lowest BCUT2D eigenvalue weighted by Crippen LogP contribution is -2.35. The summed E-state index contributed by atoms with van der Waals surface area (Å²) in [4.78, 5) is 14.3. The summed E-state index contributed by atoms with van der Waals surface area (Å²) >= 11 is 0. The van der Waals surface area contributed by atoms with E-state index in [-0.39, 0.29) is 23.7 Å². The van der Waals surface area contributed by atoms with Crippen molar-refractivity contribution in [2.45, 2.75) is 27.2 Å². The molecule has 118 valence electrons. The number of halogens is 1. The average Bonchev–Trinajstić information content (AvgIpc) is 2.76. The lowest BCUT2D eigenvalue weighted by molar-refractivity contribution is -0.117. The van der Waals surface area contributed by atoms with Crippen LogP contribution in [0.5, 0.6) is 0 Å². The van der Waals surface area contributed by atoms with E-state index in [2.05, 4.69) is 31.0 Å². The molecule has 0 aromatic heterocycles. The van der Waals surface area contributed by atoms with E-state index in [9.17, 15) is 4.79 Å². The Morgan fingerprint density at radius 3 is 2.67 bits per heavy atom. The fourth-order valence-corrected chi connectivity index (χ4v) is 2.65. The highest BCUT2D eigenvalue weighted by atomic mass is 35.5. The summed E-state index contributed by atoms with van der Waals surface area (Å²) in [7, 11) is 0. The third-order valence-electron chi connectivity index (χ3n) is 4.29. The normalized spacial score (nSPS) is 21.9. The van der Waals surface area contributed by atoms with Gasteiger partial charge >= 0.3 is 0 Å². The number of nitrogens with one attached hydrogen (secondary N) is 1. The zero-order chi connectivity index (χ0) is 14.8. The van der Waals surface area contributed by atoms with Crippen molar-refractivity contribution in [2.24, 2.45) is 11.1 Å². The third kappa shape index (κ3) is 4.70. The van der Waals surface area contributed by atoms with Crippen LogP contribution in [0.4, 0.5) is 5.69 Å². The van der Waals surface area contributed by atoms with Crippen LogP contribution < -0.4 is 11.1 Å². The lowest BCUT2D eigenvalue weighted by atomic mass is 9.90. The molecule has 3 N–H and O–H groups in total. The molecule has 1 aromatic carbocycles. The van der Waals surface area contributed by atoms with Crippen LogP contribution >= 0.6 is 12.4 Å². The topological polar surface area (TPSA) is 58.4 Å². The maximum Gasteiger partial charge on any atom is 0.238 e.